The van der Waals surface area contributed by atoms with Crippen LogP contribution in [0, 0.1) is 18.6 Å². The second-order valence-corrected chi connectivity index (χ2v) is 6.48. The van der Waals surface area contributed by atoms with E-state index in [0.717, 1.165) is 43.4 Å². The Balaban J connectivity index is 1.51. The zero-order chi connectivity index (χ0) is 18.8. The highest BCUT2D eigenvalue weighted by Crippen LogP contribution is 2.31. The third-order valence-electron chi connectivity index (χ3n) is 4.56. The number of aromatic nitrogens is 3. The molecule has 0 radical (unpaired) electrons. The average molecular weight is 368 g/mol. The van der Waals surface area contributed by atoms with Gasteiger partial charge in [-0.15, -0.1) is 0 Å². The molecule has 2 aromatic heterocycles. The molecule has 3 heterocycles. The number of benzene rings is 1. The SMILES string of the molecule is Cc1noc(-c2cccnc2N2CCC(=Cc3ccc(F)c(F)c3)CC2)n1. The van der Waals surface area contributed by atoms with Crippen molar-refractivity contribution in [2.75, 3.05) is 18.0 Å². The van der Waals surface area contributed by atoms with Crippen LogP contribution in [0.15, 0.2) is 46.6 Å². The number of pyridine rings is 1. The zero-order valence-corrected chi connectivity index (χ0v) is 14.8. The molecule has 5 nitrogen and oxygen atoms in total. The molecule has 0 unspecified atom stereocenters. The van der Waals surface area contributed by atoms with Crippen LogP contribution < -0.4 is 4.90 Å². The van der Waals surface area contributed by atoms with E-state index in [4.69, 9.17) is 4.52 Å². The van der Waals surface area contributed by atoms with Crippen molar-refractivity contribution >= 4 is 11.9 Å². The highest BCUT2D eigenvalue weighted by Gasteiger charge is 2.21. The monoisotopic (exact) mass is 368 g/mol. The lowest BCUT2D eigenvalue weighted by Gasteiger charge is -2.30. The Morgan fingerprint density at radius 2 is 1.93 bits per heavy atom. The molecule has 1 fully saturated rings. The van der Waals surface area contributed by atoms with E-state index in [2.05, 4.69) is 20.0 Å². The zero-order valence-electron chi connectivity index (χ0n) is 14.8. The fraction of sp³-hybridized carbons (Fsp3) is 0.250. The summed E-state index contributed by atoms with van der Waals surface area (Å²) in [5.74, 6) is 0.197. The van der Waals surface area contributed by atoms with Gasteiger partial charge in [0.15, 0.2) is 17.5 Å². The molecule has 0 saturated carbocycles. The van der Waals surface area contributed by atoms with Gasteiger partial charge in [-0.2, -0.15) is 4.98 Å². The minimum atomic E-state index is -0.828. The number of anilines is 1. The standard InChI is InChI=1S/C20H18F2N4O/c1-13-24-20(27-25-13)16-3-2-8-23-19(16)26-9-6-14(7-10-26)11-15-4-5-17(21)18(22)12-15/h2-5,8,11-12H,6-7,9-10H2,1H3. The minimum absolute atomic E-state index is 0.457. The Kier molecular flexibility index (Phi) is 4.66. The predicted octanol–water partition coefficient (Wildman–Crippen LogP) is 4.40. The number of halogens is 2. The Bertz CT molecular complexity index is 989. The fourth-order valence-electron chi connectivity index (χ4n) is 3.21. The van der Waals surface area contributed by atoms with Gasteiger partial charge in [-0.25, -0.2) is 13.8 Å². The topological polar surface area (TPSA) is 55.1 Å². The molecule has 27 heavy (non-hydrogen) atoms. The molecule has 0 amide bonds. The smallest absolute Gasteiger partial charge is 0.261 e. The fourth-order valence-corrected chi connectivity index (χ4v) is 3.21. The van der Waals surface area contributed by atoms with Crippen LogP contribution in [0.25, 0.3) is 17.5 Å². The van der Waals surface area contributed by atoms with Gasteiger partial charge in [-0.05, 0) is 49.6 Å². The third-order valence-corrected chi connectivity index (χ3v) is 4.56. The van der Waals surface area contributed by atoms with Crippen molar-refractivity contribution in [1.82, 2.24) is 15.1 Å². The van der Waals surface area contributed by atoms with Crippen LogP contribution in [0.1, 0.15) is 24.2 Å². The summed E-state index contributed by atoms with van der Waals surface area (Å²) in [4.78, 5) is 11.0. The summed E-state index contributed by atoms with van der Waals surface area (Å²) in [5.41, 5.74) is 2.69. The first kappa shape index (κ1) is 17.3. The summed E-state index contributed by atoms with van der Waals surface area (Å²) < 4.78 is 31.7. The van der Waals surface area contributed by atoms with Gasteiger partial charge in [0.25, 0.3) is 5.89 Å². The summed E-state index contributed by atoms with van der Waals surface area (Å²) in [7, 11) is 0. The van der Waals surface area contributed by atoms with Crippen LogP contribution in [-0.4, -0.2) is 28.2 Å². The molecule has 1 aromatic carbocycles. The summed E-state index contributed by atoms with van der Waals surface area (Å²) in [5, 5.41) is 3.85. The second kappa shape index (κ2) is 7.26. The van der Waals surface area contributed by atoms with Crippen LogP contribution in [0.5, 0.6) is 0 Å². The maximum Gasteiger partial charge on any atom is 0.261 e. The van der Waals surface area contributed by atoms with Crippen LogP contribution in [-0.2, 0) is 0 Å². The van der Waals surface area contributed by atoms with E-state index < -0.39 is 11.6 Å². The molecule has 0 bridgehead atoms. The quantitative estimate of drug-likeness (QED) is 0.686. The molecular formula is C20H18F2N4O. The Hall–Kier alpha value is -3.09. The number of nitrogens with zero attached hydrogens (tertiary/aromatic N) is 4. The Labute approximate surface area is 155 Å². The van der Waals surface area contributed by atoms with Crippen LogP contribution in [0.4, 0.5) is 14.6 Å². The molecule has 7 heteroatoms. The lowest BCUT2D eigenvalue weighted by atomic mass is 10.0. The number of hydrogen-bond acceptors (Lipinski definition) is 5. The molecule has 138 valence electrons. The van der Waals surface area contributed by atoms with Gasteiger partial charge in [0.1, 0.15) is 5.82 Å². The van der Waals surface area contributed by atoms with Gasteiger partial charge in [0, 0.05) is 19.3 Å². The predicted molar refractivity (Wildman–Crippen MR) is 98.0 cm³/mol. The first-order valence-electron chi connectivity index (χ1n) is 8.75. The molecule has 1 saturated heterocycles. The van der Waals surface area contributed by atoms with Crippen molar-refractivity contribution in [3.8, 4) is 11.5 Å². The van der Waals surface area contributed by atoms with Crippen molar-refractivity contribution in [1.29, 1.82) is 0 Å². The summed E-state index contributed by atoms with van der Waals surface area (Å²) >= 11 is 0. The molecule has 4 rings (SSSR count). The van der Waals surface area contributed by atoms with Crippen molar-refractivity contribution in [3.63, 3.8) is 0 Å². The largest absolute Gasteiger partial charge is 0.355 e. The van der Waals surface area contributed by atoms with Gasteiger partial charge in [-0.3, -0.25) is 0 Å². The van der Waals surface area contributed by atoms with Crippen LogP contribution >= 0.6 is 0 Å². The van der Waals surface area contributed by atoms with E-state index in [1.54, 1.807) is 19.2 Å². The Morgan fingerprint density at radius 1 is 1.11 bits per heavy atom. The molecule has 0 spiro atoms. The van der Waals surface area contributed by atoms with E-state index in [-0.39, 0.29) is 0 Å². The lowest BCUT2D eigenvalue weighted by molar-refractivity contribution is 0.425. The number of rotatable bonds is 3. The van der Waals surface area contributed by atoms with E-state index in [1.165, 1.54) is 11.6 Å². The normalized spacial score (nSPS) is 14.5. The van der Waals surface area contributed by atoms with Crippen molar-refractivity contribution in [2.45, 2.75) is 19.8 Å². The molecule has 1 aliphatic heterocycles. The summed E-state index contributed by atoms with van der Waals surface area (Å²) in [6.45, 7) is 3.32. The van der Waals surface area contributed by atoms with Gasteiger partial charge in [0.05, 0.1) is 5.56 Å². The summed E-state index contributed by atoms with van der Waals surface area (Å²) in [6, 6.07) is 7.73. The molecule has 0 aliphatic carbocycles. The van der Waals surface area contributed by atoms with E-state index in [1.807, 2.05) is 18.2 Å². The van der Waals surface area contributed by atoms with Gasteiger partial charge < -0.3 is 9.42 Å². The van der Waals surface area contributed by atoms with Crippen LogP contribution in [0.3, 0.4) is 0 Å². The third kappa shape index (κ3) is 3.72. The van der Waals surface area contributed by atoms with Crippen LogP contribution in [0.2, 0.25) is 0 Å². The number of piperidine rings is 1. The maximum absolute atomic E-state index is 13.4. The van der Waals surface area contributed by atoms with Gasteiger partial charge in [-0.1, -0.05) is 22.9 Å². The molecule has 1 aliphatic rings. The number of hydrogen-bond donors (Lipinski definition) is 0. The highest BCUT2D eigenvalue weighted by atomic mass is 19.2. The molecular weight excluding hydrogens is 350 g/mol. The highest BCUT2D eigenvalue weighted by molar-refractivity contribution is 5.70. The second-order valence-electron chi connectivity index (χ2n) is 6.48. The molecule has 0 atom stereocenters. The molecule has 3 aromatic rings. The number of aryl methyl sites for hydroxylation is 1. The van der Waals surface area contributed by atoms with E-state index in [0.29, 0.717) is 17.3 Å². The Morgan fingerprint density at radius 3 is 2.63 bits per heavy atom. The maximum atomic E-state index is 13.4. The lowest BCUT2D eigenvalue weighted by Crippen LogP contribution is -2.31. The van der Waals surface area contributed by atoms with Gasteiger partial charge >= 0.3 is 0 Å². The van der Waals surface area contributed by atoms with E-state index in [9.17, 15) is 8.78 Å². The van der Waals surface area contributed by atoms with Gasteiger partial charge in [0.2, 0.25) is 0 Å². The molecule has 0 N–H and O–H groups in total. The minimum Gasteiger partial charge on any atom is -0.355 e. The van der Waals surface area contributed by atoms with Crippen molar-refractivity contribution in [3.05, 3.63) is 65.1 Å². The van der Waals surface area contributed by atoms with E-state index >= 15 is 0 Å². The first-order chi connectivity index (χ1) is 13.1. The average Bonchev–Trinajstić information content (AvgIpc) is 3.12. The summed E-state index contributed by atoms with van der Waals surface area (Å²) in [6.07, 6.45) is 5.31. The van der Waals surface area contributed by atoms with Crippen molar-refractivity contribution < 1.29 is 13.3 Å². The first-order valence-corrected chi connectivity index (χ1v) is 8.75. The van der Waals surface area contributed by atoms with Crippen molar-refractivity contribution in [2.24, 2.45) is 0 Å².